The summed E-state index contributed by atoms with van der Waals surface area (Å²) in [6.07, 6.45) is 0.597. The third-order valence-electron chi connectivity index (χ3n) is 3.96. The zero-order valence-corrected chi connectivity index (χ0v) is 16.0. The van der Waals surface area contributed by atoms with Crippen molar-refractivity contribution in [1.29, 1.82) is 0 Å². The van der Waals surface area contributed by atoms with Gasteiger partial charge in [0.1, 0.15) is 5.75 Å². The molecule has 2 rings (SSSR count). The average molecular weight is 376 g/mol. The molecule has 2 aromatic rings. The van der Waals surface area contributed by atoms with E-state index in [0.29, 0.717) is 18.5 Å². The highest BCUT2D eigenvalue weighted by Crippen LogP contribution is 2.17. The van der Waals surface area contributed by atoms with Crippen LogP contribution in [0.5, 0.6) is 5.75 Å². The minimum Gasteiger partial charge on any atom is -0.496 e. The Morgan fingerprint density at radius 2 is 1.85 bits per heavy atom. The first kappa shape index (κ1) is 19.9. The fraction of sp³-hybridized carbons (Fsp3) is 0.316. The van der Waals surface area contributed by atoms with Gasteiger partial charge >= 0.3 is 0 Å². The Kier molecular flexibility index (Phi) is 6.76. The summed E-state index contributed by atoms with van der Waals surface area (Å²) in [7, 11) is -2.13. The molecule has 26 heavy (non-hydrogen) atoms. The Labute approximate surface area is 154 Å². The van der Waals surface area contributed by atoms with Crippen molar-refractivity contribution >= 4 is 15.9 Å². The van der Waals surface area contributed by atoms with Crippen molar-refractivity contribution in [3.05, 3.63) is 59.2 Å². The highest BCUT2D eigenvalue weighted by atomic mass is 32.2. The molecule has 0 spiro atoms. The molecule has 0 saturated heterocycles. The quantitative estimate of drug-likeness (QED) is 0.737. The van der Waals surface area contributed by atoms with Crippen LogP contribution in [-0.2, 0) is 21.2 Å². The number of para-hydroxylation sites is 1. The summed E-state index contributed by atoms with van der Waals surface area (Å²) in [5.41, 5.74) is 2.46. The second kappa shape index (κ2) is 8.82. The number of nitrogens with one attached hydrogen (secondary N) is 2. The standard InChI is InChI=1S/C19H24N2O4S/c1-14-8-9-15(2)18(12-14)26(23,24)21-13-19(22)20-11-10-16-6-4-5-7-17(16)25-3/h4-9,12,21H,10-11,13H2,1-3H3,(H,20,22). The molecular weight excluding hydrogens is 352 g/mol. The maximum atomic E-state index is 12.4. The van der Waals surface area contributed by atoms with E-state index in [1.165, 1.54) is 0 Å². The summed E-state index contributed by atoms with van der Waals surface area (Å²) in [6, 6.07) is 12.7. The van der Waals surface area contributed by atoms with Gasteiger partial charge < -0.3 is 10.1 Å². The largest absolute Gasteiger partial charge is 0.496 e. The average Bonchev–Trinajstić information content (AvgIpc) is 2.62. The van der Waals surface area contributed by atoms with Crippen molar-refractivity contribution < 1.29 is 17.9 Å². The fourth-order valence-electron chi connectivity index (χ4n) is 2.54. The van der Waals surface area contributed by atoms with Crippen LogP contribution in [-0.4, -0.2) is 34.5 Å². The van der Waals surface area contributed by atoms with Gasteiger partial charge in [-0.15, -0.1) is 0 Å². The zero-order chi connectivity index (χ0) is 19.2. The Balaban J connectivity index is 1.87. The van der Waals surface area contributed by atoms with Gasteiger partial charge in [0.2, 0.25) is 15.9 Å². The van der Waals surface area contributed by atoms with E-state index in [1.54, 1.807) is 26.2 Å². The molecule has 0 heterocycles. The van der Waals surface area contributed by atoms with Crippen LogP contribution in [0.2, 0.25) is 0 Å². The molecule has 0 radical (unpaired) electrons. The number of aryl methyl sites for hydroxylation is 2. The van der Waals surface area contributed by atoms with Crippen LogP contribution >= 0.6 is 0 Å². The number of rotatable bonds is 8. The van der Waals surface area contributed by atoms with Crippen LogP contribution in [0.3, 0.4) is 0 Å². The van der Waals surface area contributed by atoms with Gasteiger partial charge in [0.15, 0.2) is 0 Å². The molecule has 0 aliphatic heterocycles. The van der Waals surface area contributed by atoms with Crippen molar-refractivity contribution in [3.63, 3.8) is 0 Å². The number of carbonyl (C=O) groups is 1. The third-order valence-corrected chi connectivity index (χ3v) is 5.51. The van der Waals surface area contributed by atoms with Gasteiger partial charge in [-0.05, 0) is 49.1 Å². The highest BCUT2D eigenvalue weighted by molar-refractivity contribution is 7.89. The van der Waals surface area contributed by atoms with E-state index in [2.05, 4.69) is 10.0 Å². The normalized spacial score (nSPS) is 11.2. The van der Waals surface area contributed by atoms with Gasteiger partial charge in [-0.3, -0.25) is 4.79 Å². The first-order valence-electron chi connectivity index (χ1n) is 8.29. The summed E-state index contributed by atoms with van der Waals surface area (Å²) in [4.78, 5) is 12.1. The smallest absolute Gasteiger partial charge is 0.241 e. The molecule has 0 atom stereocenters. The molecule has 140 valence electrons. The summed E-state index contributed by atoms with van der Waals surface area (Å²) >= 11 is 0. The molecule has 0 saturated carbocycles. The lowest BCUT2D eigenvalue weighted by atomic mass is 10.1. The van der Waals surface area contributed by atoms with E-state index in [9.17, 15) is 13.2 Å². The second-order valence-corrected chi connectivity index (χ2v) is 7.74. The van der Waals surface area contributed by atoms with Gasteiger partial charge in [-0.25, -0.2) is 13.1 Å². The molecule has 0 unspecified atom stereocenters. The van der Waals surface area contributed by atoms with Gasteiger partial charge in [-0.2, -0.15) is 0 Å². The predicted molar refractivity (Wildman–Crippen MR) is 101 cm³/mol. The van der Waals surface area contributed by atoms with E-state index in [1.807, 2.05) is 37.3 Å². The molecule has 2 N–H and O–H groups in total. The number of hydrogen-bond donors (Lipinski definition) is 2. The van der Waals surface area contributed by atoms with Crippen molar-refractivity contribution in [2.75, 3.05) is 20.2 Å². The maximum absolute atomic E-state index is 12.4. The second-order valence-electron chi connectivity index (χ2n) is 6.01. The Bertz CT molecular complexity index is 879. The number of carbonyl (C=O) groups excluding carboxylic acids is 1. The Morgan fingerprint density at radius 1 is 1.12 bits per heavy atom. The lowest BCUT2D eigenvalue weighted by Crippen LogP contribution is -2.37. The van der Waals surface area contributed by atoms with Crippen molar-refractivity contribution in [2.24, 2.45) is 0 Å². The summed E-state index contributed by atoms with van der Waals surface area (Å²) < 4.78 is 32.4. The van der Waals surface area contributed by atoms with Gasteiger partial charge in [-0.1, -0.05) is 30.3 Å². The van der Waals surface area contributed by atoms with Gasteiger partial charge in [0.05, 0.1) is 18.6 Å². The number of sulfonamides is 1. The lowest BCUT2D eigenvalue weighted by Gasteiger charge is -2.11. The van der Waals surface area contributed by atoms with Crippen LogP contribution < -0.4 is 14.8 Å². The van der Waals surface area contributed by atoms with Crippen LogP contribution in [0.15, 0.2) is 47.4 Å². The number of ether oxygens (including phenoxy) is 1. The molecule has 0 bridgehead atoms. The molecule has 0 aromatic heterocycles. The number of benzene rings is 2. The molecule has 0 aliphatic carbocycles. The Morgan fingerprint density at radius 3 is 2.58 bits per heavy atom. The molecule has 6 nitrogen and oxygen atoms in total. The predicted octanol–water partition coefficient (Wildman–Crippen LogP) is 1.95. The van der Waals surface area contributed by atoms with Crippen LogP contribution in [0.1, 0.15) is 16.7 Å². The van der Waals surface area contributed by atoms with Crippen molar-refractivity contribution in [3.8, 4) is 5.75 Å². The number of amides is 1. The van der Waals surface area contributed by atoms with Gasteiger partial charge in [0.25, 0.3) is 0 Å². The minimum atomic E-state index is -3.73. The van der Waals surface area contributed by atoms with Crippen molar-refractivity contribution in [1.82, 2.24) is 10.0 Å². The Hall–Kier alpha value is -2.38. The minimum absolute atomic E-state index is 0.194. The molecule has 0 fully saturated rings. The van der Waals surface area contributed by atoms with Crippen LogP contribution in [0.4, 0.5) is 0 Å². The third kappa shape index (κ3) is 5.31. The van der Waals surface area contributed by atoms with E-state index in [-0.39, 0.29) is 17.3 Å². The van der Waals surface area contributed by atoms with E-state index >= 15 is 0 Å². The topological polar surface area (TPSA) is 84.5 Å². The summed E-state index contributed by atoms with van der Waals surface area (Å²) in [6.45, 7) is 3.64. The SMILES string of the molecule is COc1ccccc1CCNC(=O)CNS(=O)(=O)c1cc(C)ccc1C. The van der Waals surface area contributed by atoms with Crippen LogP contribution in [0.25, 0.3) is 0 Å². The van der Waals surface area contributed by atoms with Crippen molar-refractivity contribution in [2.45, 2.75) is 25.2 Å². The first-order chi connectivity index (χ1) is 12.3. The monoisotopic (exact) mass is 376 g/mol. The van der Waals surface area contributed by atoms with Gasteiger partial charge in [0, 0.05) is 6.54 Å². The van der Waals surface area contributed by atoms with E-state index in [0.717, 1.165) is 16.9 Å². The summed E-state index contributed by atoms with van der Waals surface area (Å²) in [5.74, 6) is 0.381. The first-order valence-corrected chi connectivity index (χ1v) is 9.77. The number of hydrogen-bond acceptors (Lipinski definition) is 4. The van der Waals surface area contributed by atoms with Crippen LogP contribution in [0, 0.1) is 13.8 Å². The number of methoxy groups -OCH3 is 1. The molecule has 0 aliphatic rings. The highest BCUT2D eigenvalue weighted by Gasteiger charge is 2.18. The lowest BCUT2D eigenvalue weighted by molar-refractivity contribution is -0.119. The van der Waals surface area contributed by atoms with E-state index < -0.39 is 10.0 Å². The molecular formula is C19H24N2O4S. The maximum Gasteiger partial charge on any atom is 0.241 e. The molecule has 7 heteroatoms. The zero-order valence-electron chi connectivity index (χ0n) is 15.2. The summed E-state index contributed by atoms with van der Waals surface area (Å²) in [5, 5.41) is 2.71. The molecule has 2 aromatic carbocycles. The molecule has 1 amide bonds. The fourth-order valence-corrected chi connectivity index (χ4v) is 3.85. The van der Waals surface area contributed by atoms with E-state index in [4.69, 9.17) is 4.74 Å².